The summed E-state index contributed by atoms with van der Waals surface area (Å²) in [7, 11) is -1.37. The molecule has 0 spiro atoms. The van der Waals surface area contributed by atoms with Gasteiger partial charge in [0.15, 0.2) is 0 Å². The maximum absolute atomic E-state index is 11.2. The predicted molar refractivity (Wildman–Crippen MR) is 55.8 cm³/mol. The summed E-state index contributed by atoms with van der Waals surface area (Å²) < 4.78 is 11.2. The number of carboxylic acids is 1. The van der Waals surface area contributed by atoms with Crippen molar-refractivity contribution in [2.24, 2.45) is 0 Å². The first-order valence-electron chi connectivity index (χ1n) is 3.89. The third-order valence-electron chi connectivity index (χ3n) is 1.50. The van der Waals surface area contributed by atoms with Gasteiger partial charge >= 0.3 is 5.97 Å². The zero-order chi connectivity index (χ0) is 10.6. The van der Waals surface area contributed by atoms with Crippen LogP contribution in [0.2, 0.25) is 5.02 Å². The van der Waals surface area contributed by atoms with E-state index in [-0.39, 0.29) is 11.5 Å². The zero-order valence-electron chi connectivity index (χ0n) is 7.27. The molecule has 1 aromatic carbocycles. The Labute approximate surface area is 89.2 Å². The summed E-state index contributed by atoms with van der Waals surface area (Å²) in [6, 6.07) is 6.91. The van der Waals surface area contributed by atoms with Gasteiger partial charge < -0.3 is 5.11 Å². The molecule has 1 atom stereocenters. The molecule has 14 heavy (non-hydrogen) atoms. The molecule has 1 unspecified atom stereocenters. The molecule has 0 saturated carbocycles. The number of halogens is 1. The van der Waals surface area contributed by atoms with Crippen molar-refractivity contribution in [1.82, 2.24) is 0 Å². The monoisotopic (exact) mass is 232 g/mol. The van der Waals surface area contributed by atoms with E-state index in [4.69, 9.17) is 16.7 Å². The Bertz CT molecular complexity index is 365. The lowest BCUT2D eigenvalue weighted by molar-refractivity contribution is -0.133. The van der Waals surface area contributed by atoms with Gasteiger partial charge in [-0.15, -0.1) is 0 Å². The van der Waals surface area contributed by atoms with Gasteiger partial charge in [-0.05, 0) is 17.7 Å². The number of carboxylic acid groups (broad SMARTS) is 1. The van der Waals surface area contributed by atoms with E-state index in [1.54, 1.807) is 24.3 Å². The van der Waals surface area contributed by atoms with Crippen LogP contribution >= 0.6 is 11.6 Å². The molecule has 1 aromatic rings. The summed E-state index contributed by atoms with van der Waals surface area (Å²) in [5.74, 6) is -1.15. The highest BCUT2D eigenvalue weighted by Crippen LogP contribution is 2.12. The molecule has 0 aliphatic rings. The van der Waals surface area contributed by atoms with Crippen LogP contribution in [0.1, 0.15) is 5.56 Å². The SMILES string of the molecule is O=C(O)CS(=O)Cc1cccc(Cl)c1. The largest absolute Gasteiger partial charge is 0.481 e. The van der Waals surface area contributed by atoms with Gasteiger partial charge in [-0.3, -0.25) is 9.00 Å². The molecular weight excluding hydrogens is 224 g/mol. The van der Waals surface area contributed by atoms with Gasteiger partial charge in [-0.25, -0.2) is 0 Å². The fraction of sp³-hybridized carbons (Fsp3) is 0.222. The second-order valence-corrected chi connectivity index (χ2v) is 4.65. The van der Waals surface area contributed by atoms with Crippen molar-refractivity contribution in [3.8, 4) is 0 Å². The van der Waals surface area contributed by atoms with Crippen LogP contribution in [0.4, 0.5) is 0 Å². The third-order valence-corrected chi connectivity index (χ3v) is 2.96. The van der Waals surface area contributed by atoms with E-state index in [2.05, 4.69) is 0 Å². The average Bonchev–Trinajstić information content (AvgIpc) is 2.01. The van der Waals surface area contributed by atoms with Gasteiger partial charge in [0.1, 0.15) is 5.75 Å². The smallest absolute Gasteiger partial charge is 0.316 e. The van der Waals surface area contributed by atoms with Gasteiger partial charge in [0.25, 0.3) is 0 Å². The zero-order valence-corrected chi connectivity index (χ0v) is 8.85. The summed E-state index contributed by atoms with van der Waals surface area (Å²) in [5, 5.41) is 8.96. The highest BCUT2D eigenvalue weighted by atomic mass is 35.5. The Kier molecular flexibility index (Phi) is 4.10. The third kappa shape index (κ3) is 3.89. The molecule has 1 rings (SSSR count). The van der Waals surface area contributed by atoms with E-state index in [9.17, 15) is 9.00 Å². The molecule has 5 heteroatoms. The van der Waals surface area contributed by atoms with Gasteiger partial charge in [0.05, 0.1) is 0 Å². The van der Waals surface area contributed by atoms with Crippen molar-refractivity contribution in [3.63, 3.8) is 0 Å². The van der Waals surface area contributed by atoms with E-state index in [1.807, 2.05) is 0 Å². The lowest BCUT2D eigenvalue weighted by Crippen LogP contribution is -2.10. The van der Waals surface area contributed by atoms with E-state index in [0.717, 1.165) is 5.56 Å². The van der Waals surface area contributed by atoms with Gasteiger partial charge in [0.2, 0.25) is 0 Å². The van der Waals surface area contributed by atoms with Crippen LogP contribution in [0.15, 0.2) is 24.3 Å². The quantitative estimate of drug-likeness (QED) is 0.859. The second-order valence-electron chi connectivity index (χ2n) is 2.75. The molecule has 76 valence electrons. The fourth-order valence-corrected chi connectivity index (χ4v) is 2.14. The fourth-order valence-electron chi connectivity index (χ4n) is 1.00. The Hall–Kier alpha value is -0.870. The summed E-state index contributed by atoms with van der Waals surface area (Å²) >= 11 is 5.72. The number of aliphatic carboxylic acids is 1. The number of hydrogen-bond donors (Lipinski definition) is 1. The highest BCUT2D eigenvalue weighted by molar-refractivity contribution is 7.84. The van der Waals surface area contributed by atoms with Crippen LogP contribution < -0.4 is 0 Å². The van der Waals surface area contributed by atoms with Crippen LogP contribution in [-0.4, -0.2) is 21.0 Å². The minimum atomic E-state index is -1.37. The molecule has 0 heterocycles. The second kappa shape index (κ2) is 5.12. The summed E-state index contributed by atoms with van der Waals surface area (Å²) in [6.45, 7) is 0. The molecule has 0 aromatic heterocycles. The first-order valence-corrected chi connectivity index (χ1v) is 5.76. The Balaban J connectivity index is 2.60. The normalized spacial score (nSPS) is 12.4. The van der Waals surface area contributed by atoms with E-state index in [1.165, 1.54) is 0 Å². The first-order chi connectivity index (χ1) is 6.58. The molecular formula is C9H9ClO3S. The van der Waals surface area contributed by atoms with Gasteiger partial charge in [-0.1, -0.05) is 23.7 Å². The molecule has 0 fully saturated rings. The van der Waals surface area contributed by atoms with Crippen LogP contribution in [0, 0.1) is 0 Å². The van der Waals surface area contributed by atoms with E-state index in [0.29, 0.717) is 5.02 Å². The minimum absolute atomic E-state index is 0.229. The van der Waals surface area contributed by atoms with Crippen molar-refractivity contribution in [3.05, 3.63) is 34.9 Å². The molecule has 3 nitrogen and oxygen atoms in total. The molecule has 0 bridgehead atoms. The van der Waals surface area contributed by atoms with Crippen LogP contribution in [0.25, 0.3) is 0 Å². The molecule has 0 saturated heterocycles. The molecule has 0 amide bonds. The highest BCUT2D eigenvalue weighted by Gasteiger charge is 2.06. The number of carbonyl (C=O) groups is 1. The Morgan fingerprint density at radius 2 is 2.21 bits per heavy atom. The standard InChI is InChI=1S/C9H9ClO3S/c10-8-3-1-2-7(4-8)5-14(13)6-9(11)12/h1-4H,5-6H2,(H,11,12). The maximum Gasteiger partial charge on any atom is 0.316 e. The van der Waals surface area contributed by atoms with Crippen molar-refractivity contribution in [2.75, 3.05) is 5.75 Å². The van der Waals surface area contributed by atoms with Crippen molar-refractivity contribution in [1.29, 1.82) is 0 Å². The van der Waals surface area contributed by atoms with Crippen molar-refractivity contribution >= 4 is 28.4 Å². The summed E-state index contributed by atoms with van der Waals surface area (Å²) in [4.78, 5) is 10.2. The summed E-state index contributed by atoms with van der Waals surface area (Å²) in [5.41, 5.74) is 0.789. The maximum atomic E-state index is 11.2. The topological polar surface area (TPSA) is 54.4 Å². The van der Waals surface area contributed by atoms with E-state index < -0.39 is 16.8 Å². The van der Waals surface area contributed by atoms with Crippen LogP contribution in [0.3, 0.4) is 0 Å². The van der Waals surface area contributed by atoms with E-state index >= 15 is 0 Å². The number of benzene rings is 1. The molecule has 0 aliphatic carbocycles. The summed E-state index contributed by atoms with van der Waals surface area (Å²) in [6.07, 6.45) is 0. The number of hydrogen-bond acceptors (Lipinski definition) is 2. The molecule has 0 aliphatic heterocycles. The van der Waals surface area contributed by atoms with Crippen molar-refractivity contribution in [2.45, 2.75) is 5.75 Å². The van der Waals surface area contributed by atoms with Gasteiger partial charge in [0, 0.05) is 21.6 Å². The Morgan fingerprint density at radius 3 is 2.79 bits per heavy atom. The lowest BCUT2D eigenvalue weighted by Gasteiger charge is -2.00. The van der Waals surface area contributed by atoms with Crippen LogP contribution in [0.5, 0.6) is 0 Å². The minimum Gasteiger partial charge on any atom is -0.481 e. The molecule has 1 N–H and O–H groups in total. The molecule has 0 radical (unpaired) electrons. The van der Waals surface area contributed by atoms with Crippen molar-refractivity contribution < 1.29 is 14.1 Å². The average molecular weight is 233 g/mol. The van der Waals surface area contributed by atoms with Crippen LogP contribution in [-0.2, 0) is 21.3 Å². The number of rotatable bonds is 4. The lowest BCUT2D eigenvalue weighted by atomic mass is 10.2. The predicted octanol–water partition coefficient (Wildman–Crippen LogP) is 1.67. The first kappa shape index (κ1) is 11.2. The van der Waals surface area contributed by atoms with Gasteiger partial charge in [-0.2, -0.15) is 0 Å². The Morgan fingerprint density at radius 1 is 1.50 bits per heavy atom.